The predicted molar refractivity (Wildman–Crippen MR) is 93.1 cm³/mol. The van der Waals surface area contributed by atoms with Crippen molar-refractivity contribution in [1.82, 2.24) is 9.88 Å². The molecule has 4 rings (SSSR count). The Morgan fingerprint density at radius 3 is 2.83 bits per heavy atom. The van der Waals surface area contributed by atoms with Gasteiger partial charge in [-0.2, -0.15) is 0 Å². The molecule has 128 valence electrons. The molecule has 0 unspecified atom stereocenters. The zero-order chi connectivity index (χ0) is 16.5. The number of ether oxygens (including phenoxy) is 2. The SMILES string of the molecule is Oc1cc(C2CC2)nc2c(Cl)c(OCCN3CCOCC3)ccc12. The van der Waals surface area contributed by atoms with Gasteiger partial charge < -0.3 is 14.6 Å². The first-order valence-electron chi connectivity index (χ1n) is 8.47. The summed E-state index contributed by atoms with van der Waals surface area (Å²) < 4.78 is 11.2. The quantitative estimate of drug-likeness (QED) is 0.899. The summed E-state index contributed by atoms with van der Waals surface area (Å²) in [6.07, 6.45) is 2.26. The highest BCUT2D eigenvalue weighted by atomic mass is 35.5. The molecule has 24 heavy (non-hydrogen) atoms. The molecule has 1 aliphatic carbocycles. The largest absolute Gasteiger partial charge is 0.507 e. The summed E-state index contributed by atoms with van der Waals surface area (Å²) in [7, 11) is 0. The van der Waals surface area contributed by atoms with Gasteiger partial charge in [-0.05, 0) is 25.0 Å². The fraction of sp³-hybridized carbons (Fsp3) is 0.500. The molecule has 1 aliphatic heterocycles. The van der Waals surface area contributed by atoms with E-state index < -0.39 is 0 Å². The Morgan fingerprint density at radius 1 is 1.29 bits per heavy atom. The van der Waals surface area contributed by atoms with Crippen LogP contribution in [0.1, 0.15) is 24.5 Å². The van der Waals surface area contributed by atoms with Crippen LogP contribution in [0.25, 0.3) is 10.9 Å². The van der Waals surface area contributed by atoms with Crippen LogP contribution in [0.2, 0.25) is 5.02 Å². The van der Waals surface area contributed by atoms with Crippen molar-refractivity contribution in [2.75, 3.05) is 39.5 Å². The van der Waals surface area contributed by atoms with Gasteiger partial charge in [-0.3, -0.25) is 9.88 Å². The minimum absolute atomic E-state index is 0.240. The van der Waals surface area contributed by atoms with Crippen molar-refractivity contribution in [3.8, 4) is 11.5 Å². The first-order chi connectivity index (χ1) is 11.7. The molecule has 5 nitrogen and oxygen atoms in total. The van der Waals surface area contributed by atoms with Crippen molar-refractivity contribution in [3.05, 3.63) is 28.9 Å². The summed E-state index contributed by atoms with van der Waals surface area (Å²) in [6, 6.07) is 5.39. The van der Waals surface area contributed by atoms with Crippen LogP contribution >= 0.6 is 11.6 Å². The van der Waals surface area contributed by atoms with Crippen LogP contribution in [0.5, 0.6) is 11.5 Å². The van der Waals surface area contributed by atoms with Gasteiger partial charge in [-0.25, -0.2) is 0 Å². The second-order valence-corrected chi connectivity index (χ2v) is 6.79. The van der Waals surface area contributed by atoms with Crippen molar-refractivity contribution in [1.29, 1.82) is 0 Å². The lowest BCUT2D eigenvalue weighted by Crippen LogP contribution is -2.38. The third-order valence-corrected chi connectivity index (χ3v) is 5.01. The predicted octanol–water partition coefficient (Wildman–Crippen LogP) is 3.18. The molecule has 2 heterocycles. The summed E-state index contributed by atoms with van der Waals surface area (Å²) in [6.45, 7) is 4.86. The molecule has 1 saturated heterocycles. The summed E-state index contributed by atoms with van der Waals surface area (Å²) in [4.78, 5) is 6.97. The van der Waals surface area contributed by atoms with Crippen molar-refractivity contribution in [2.24, 2.45) is 0 Å². The van der Waals surface area contributed by atoms with E-state index in [4.69, 9.17) is 21.1 Å². The highest BCUT2D eigenvalue weighted by Gasteiger charge is 2.26. The van der Waals surface area contributed by atoms with Gasteiger partial charge in [0.1, 0.15) is 23.1 Å². The van der Waals surface area contributed by atoms with Gasteiger partial charge in [-0.15, -0.1) is 0 Å². The molecular formula is C18H21ClN2O3. The van der Waals surface area contributed by atoms with E-state index in [9.17, 15) is 5.11 Å². The maximum absolute atomic E-state index is 10.2. The van der Waals surface area contributed by atoms with E-state index in [1.807, 2.05) is 12.1 Å². The molecule has 0 bridgehead atoms. The number of hydrogen-bond donors (Lipinski definition) is 1. The number of pyridine rings is 1. The van der Waals surface area contributed by atoms with Crippen molar-refractivity contribution >= 4 is 22.5 Å². The van der Waals surface area contributed by atoms with Crippen LogP contribution < -0.4 is 4.74 Å². The highest BCUT2D eigenvalue weighted by molar-refractivity contribution is 6.36. The maximum Gasteiger partial charge on any atom is 0.140 e. The molecule has 2 aromatic rings. The van der Waals surface area contributed by atoms with Gasteiger partial charge in [0.05, 0.1) is 18.7 Å². The summed E-state index contributed by atoms with van der Waals surface area (Å²) in [5, 5.41) is 11.4. The van der Waals surface area contributed by atoms with Gasteiger partial charge in [0.15, 0.2) is 0 Å². The van der Waals surface area contributed by atoms with Crippen molar-refractivity contribution < 1.29 is 14.6 Å². The van der Waals surface area contributed by atoms with Crippen LogP contribution in [0.4, 0.5) is 0 Å². The van der Waals surface area contributed by atoms with Crippen molar-refractivity contribution in [2.45, 2.75) is 18.8 Å². The highest BCUT2D eigenvalue weighted by Crippen LogP contribution is 2.43. The Morgan fingerprint density at radius 2 is 2.08 bits per heavy atom. The number of morpholine rings is 1. The molecule has 0 radical (unpaired) electrons. The Hall–Kier alpha value is -1.56. The monoisotopic (exact) mass is 348 g/mol. The molecule has 2 fully saturated rings. The number of nitrogens with zero attached hydrogens (tertiary/aromatic N) is 2. The van der Waals surface area contributed by atoms with Crippen LogP contribution in [-0.4, -0.2) is 54.4 Å². The molecule has 1 N–H and O–H groups in total. The third kappa shape index (κ3) is 3.29. The van der Waals surface area contributed by atoms with Gasteiger partial charge in [0.2, 0.25) is 0 Å². The number of aromatic hydroxyl groups is 1. The summed E-state index contributed by atoms with van der Waals surface area (Å²) >= 11 is 6.50. The lowest BCUT2D eigenvalue weighted by molar-refractivity contribution is 0.0322. The second kappa shape index (κ2) is 6.75. The van der Waals surface area contributed by atoms with E-state index in [1.54, 1.807) is 6.07 Å². The number of aromatic nitrogens is 1. The van der Waals surface area contributed by atoms with Gasteiger partial charge in [0.25, 0.3) is 0 Å². The lowest BCUT2D eigenvalue weighted by atomic mass is 10.1. The Labute approximate surface area is 146 Å². The molecule has 1 aromatic carbocycles. The fourth-order valence-electron chi connectivity index (χ4n) is 3.05. The maximum atomic E-state index is 10.2. The Bertz CT molecular complexity index is 743. The fourth-order valence-corrected chi connectivity index (χ4v) is 3.31. The minimum atomic E-state index is 0.240. The summed E-state index contributed by atoms with van der Waals surface area (Å²) in [5.74, 6) is 1.32. The molecule has 0 spiro atoms. The van der Waals surface area contributed by atoms with Crippen LogP contribution in [0.3, 0.4) is 0 Å². The summed E-state index contributed by atoms with van der Waals surface area (Å²) in [5.41, 5.74) is 1.55. The zero-order valence-electron chi connectivity index (χ0n) is 13.5. The number of hydrogen-bond acceptors (Lipinski definition) is 5. The zero-order valence-corrected chi connectivity index (χ0v) is 14.3. The number of fused-ring (bicyclic) bond motifs is 1. The average Bonchev–Trinajstić information content (AvgIpc) is 3.43. The molecular weight excluding hydrogens is 328 g/mol. The molecule has 0 amide bonds. The first kappa shape index (κ1) is 15.9. The molecule has 2 aliphatic rings. The van der Waals surface area contributed by atoms with Crippen LogP contribution in [0, 0.1) is 0 Å². The topological polar surface area (TPSA) is 54.8 Å². The molecule has 1 aromatic heterocycles. The molecule has 1 saturated carbocycles. The van der Waals surface area contributed by atoms with Gasteiger partial charge in [-0.1, -0.05) is 11.6 Å². The van der Waals surface area contributed by atoms with E-state index in [1.165, 1.54) is 0 Å². The third-order valence-electron chi connectivity index (χ3n) is 4.65. The van der Waals surface area contributed by atoms with Gasteiger partial charge in [0, 0.05) is 42.7 Å². The molecule has 0 atom stereocenters. The van der Waals surface area contributed by atoms with E-state index in [-0.39, 0.29) is 5.75 Å². The van der Waals surface area contributed by atoms with E-state index in [0.717, 1.165) is 51.4 Å². The Balaban J connectivity index is 1.51. The van der Waals surface area contributed by atoms with Gasteiger partial charge >= 0.3 is 0 Å². The Kier molecular flexibility index (Phi) is 4.48. The average molecular weight is 349 g/mol. The smallest absolute Gasteiger partial charge is 0.140 e. The van der Waals surface area contributed by atoms with Crippen molar-refractivity contribution in [3.63, 3.8) is 0 Å². The second-order valence-electron chi connectivity index (χ2n) is 6.42. The first-order valence-corrected chi connectivity index (χ1v) is 8.85. The number of benzene rings is 1. The number of halogens is 1. The van der Waals surface area contributed by atoms with E-state index in [2.05, 4.69) is 9.88 Å². The van der Waals surface area contributed by atoms with Crippen LogP contribution in [0.15, 0.2) is 18.2 Å². The van der Waals surface area contributed by atoms with Crippen LogP contribution in [-0.2, 0) is 4.74 Å². The standard InChI is InChI=1S/C18H21ClN2O3/c19-17-16(24-10-7-21-5-8-23-9-6-21)4-3-13-15(22)11-14(12-1-2-12)20-18(13)17/h3-4,11-12H,1-2,5-10H2,(H,20,22). The normalized spacial score (nSPS) is 18.9. The lowest BCUT2D eigenvalue weighted by Gasteiger charge is -2.26. The molecule has 6 heteroatoms. The van der Waals surface area contributed by atoms with E-state index >= 15 is 0 Å². The van der Waals surface area contributed by atoms with E-state index in [0.29, 0.717) is 34.2 Å². The minimum Gasteiger partial charge on any atom is -0.507 e. The number of rotatable bonds is 5.